The molecule has 1 aromatic rings. The Labute approximate surface area is 76.7 Å². The predicted molar refractivity (Wildman–Crippen MR) is 50.5 cm³/mol. The first-order valence-corrected chi connectivity index (χ1v) is 4.19. The molecule has 0 bridgehead atoms. The first kappa shape index (κ1) is 9.98. The van der Waals surface area contributed by atoms with Crippen LogP contribution in [0.2, 0.25) is 0 Å². The van der Waals surface area contributed by atoms with Crippen molar-refractivity contribution in [2.75, 3.05) is 0 Å². The van der Waals surface area contributed by atoms with Crippen LogP contribution in [0.5, 0.6) is 0 Å². The van der Waals surface area contributed by atoms with Gasteiger partial charge in [0.2, 0.25) is 0 Å². The van der Waals surface area contributed by atoms with Crippen molar-refractivity contribution >= 4 is 0 Å². The lowest BCUT2D eigenvalue weighted by Gasteiger charge is -2.36. The van der Waals surface area contributed by atoms with Gasteiger partial charge in [-0.2, -0.15) is 5.10 Å². The Morgan fingerprint density at radius 3 is 2.15 bits per heavy atom. The third-order valence-corrected chi connectivity index (χ3v) is 2.70. The van der Waals surface area contributed by atoms with Crippen LogP contribution in [-0.2, 0) is 5.41 Å². The summed E-state index contributed by atoms with van der Waals surface area (Å²) in [5.74, 6) is 0.588. The van der Waals surface area contributed by atoms with E-state index in [2.05, 4.69) is 15.2 Å². The van der Waals surface area contributed by atoms with Crippen LogP contribution in [-0.4, -0.2) is 20.7 Å². The molecule has 0 fully saturated rings. The van der Waals surface area contributed by atoms with Gasteiger partial charge in [-0.25, -0.2) is 9.89 Å². The molecule has 5 heteroatoms. The van der Waals surface area contributed by atoms with Gasteiger partial charge >= 0.3 is 5.69 Å². The van der Waals surface area contributed by atoms with Gasteiger partial charge in [-0.05, 0) is 13.8 Å². The van der Waals surface area contributed by atoms with Crippen LogP contribution in [0.1, 0.15) is 33.5 Å². The molecule has 0 saturated carbocycles. The Balaban J connectivity index is 3.14. The molecular formula is C8H16N4O. The number of nitrogens with one attached hydrogen (secondary N) is 2. The average Bonchev–Trinajstić information content (AvgIpc) is 2.33. The average molecular weight is 184 g/mol. The summed E-state index contributed by atoms with van der Waals surface area (Å²) >= 11 is 0. The highest BCUT2D eigenvalue weighted by Crippen LogP contribution is 2.29. The molecule has 74 valence electrons. The van der Waals surface area contributed by atoms with E-state index in [0.29, 0.717) is 5.82 Å². The second kappa shape index (κ2) is 2.70. The maximum Gasteiger partial charge on any atom is 0.340 e. The Morgan fingerprint density at radius 2 is 1.85 bits per heavy atom. The molecule has 0 radical (unpaired) electrons. The van der Waals surface area contributed by atoms with Crippen molar-refractivity contribution in [2.45, 2.75) is 38.6 Å². The second-order valence-electron chi connectivity index (χ2n) is 4.37. The van der Waals surface area contributed by atoms with Crippen LogP contribution in [0.15, 0.2) is 4.79 Å². The van der Waals surface area contributed by atoms with Gasteiger partial charge in [0.25, 0.3) is 0 Å². The maximum absolute atomic E-state index is 10.8. The lowest BCUT2D eigenvalue weighted by atomic mass is 9.75. The zero-order chi connectivity index (χ0) is 10.3. The van der Waals surface area contributed by atoms with Crippen molar-refractivity contribution in [2.24, 2.45) is 5.73 Å². The molecule has 4 N–H and O–H groups in total. The Kier molecular flexibility index (Phi) is 2.07. The number of hydrogen-bond acceptors (Lipinski definition) is 3. The van der Waals surface area contributed by atoms with Crippen molar-refractivity contribution in [3.8, 4) is 0 Å². The molecule has 0 amide bonds. The van der Waals surface area contributed by atoms with E-state index in [1.165, 1.54) is 0 Å². The summed E-state index contributed by atoms with van der Waals surface area (Å²) in [6.45, 7) is 7.69. The monoisotopic (exact) mass is 184 g/mol. The fraction of sp³-hybridized carbons (Fsp3) is 0.750. The lowest BCUT2D eigenvalue weighted by Crippen LogP contribution is -2.51. The number of nitrogens with two attached hydrogens (primary N) is 1. The standard InChI is InChI=1S/C8H16N4O/c1-7(2,8(3,4)9)5-10-6(13)12-11-5/h9H2,1-4H3,(H2,10,11,12,13). The van der Waals surface area contributed by atoms with Crippen molar-refractivity contribution in [3.63, 3.8) is 0 Å². The summed E-state index contributed by atoms with van der Waals surface area (Å²) in [5.41, 5.74) is 4.87. The fourth-order valence-electron chi connectivity index (χ4n) is 0.871. The molecule has 0 aliphatic rings. The molecule has 0 spiro atoms. The molecule has 1 heterocycles. The van der Waals surface area contributed by atoms with Gasteiger partial charge in [0.15, 0.2) is 0 Å². The zero-order valence-corrected chi connectivity index (χ0v) is 8.43. The van der Waals surface area contributed by atoms with E-state index in [9.17, 15) is 4.79 Å². The van der Waals surface area contributed by atoms with Crippen molar-refractivity contribution in [1.82, 2.24) is 15.2 Å². The Bertz CT molecular complexity index is 342. The van der Waals surface area contributed by atoms with Crippen LogP contribution >= 0.6 is 0 Å². The minimum atomic E-state index is -0.439. The minimum absolute atomic E-state index is 0.299. The SMILES string of the molecule is CC(C)(N)C(C)(C)c1n[nH]c(=O)[nH]1. The number of nitrogens with zero attached hydrogens (tertiary/aromatic N) is 1. The van der Waals surface area contributed by atoms with E-state index in [0.717, 1.165) is 0 Å². The van der Waals surface area contributed by atoms with E-state index in [-0.39, 0.29) is 11.1 Å². The van der Waals surface area contributed by atoms with Gasteiger partial charge in [0.1, 0.15) is 5.82 Å². The summed E-state index contributed by atoms with van der Waals surface area (Å²) in [4.78, 5) is 13.5. The van der Waals surface area contributed by atoms with E-state index >= 15 is 0 Å². The third-order valence-electron chi connectivity index (χ3n) is 2.70. The molecule has 0 atom stereocenters. The zero-order valence-electron chi connectivity index (χ0n) is 8.43. The summed E-state index contributed by atoms with van der Waals surface area (Å²) in [6.07, 6.45) is 0. The molecule has 5 nitrogen and oxygen atoms in total. The van der Waals surface area contributed by atoms with Gasteiger partial charge in [-0.1, -0.05) is 13.8 Å². The van der Waals surface area contributed by atoms with Crippen LogP contribution in [0.25, 0.3) is 0 Å². The Morgan fingerprint density at radius 1 is 1.31 bits per heavy atom. The van der Waals surface area contributed by atoms with E-state index in [1.807, 2.05) is 27.7 Å². The largest absolute Gasteiger partial charge is 0.340 e. The molecule has 0 saturated heterocycles. The highest BCUT2D eigenvalue weighted by atomic mass is 16.1. The summed E-state index contributed by atoms with van der Waals surface area (Å²) in [5, 5.41) is 6.21. The number of rotatable bonds is 2. The van der Waals surface area contributed by atoms with Crippen molar-refractivity contribution in [1.29, 1.82) is 0 Å². The molecule has 0 unspecified atom stereocenters. The van der Waals surface area contributed by atoms with Gasteiger partial charge in [0.05, 0.1) is 0 Å². The van der Waals surface area contributed by atoms with E-state index < -0.39 is 5.54 Å². The summed E-state index contributed by atoms with van der Waals surface area (Å²) < 4.78 is 0. The van der Waals surface area contributed by atoms with Gasteiger partial charge in [-0.3, -0.25) is 4.98 Å². The fourth-order valence-corrected chi connectivity index (χ4v) is 0.871. The third kappa shape index (κ3) is 1.65. The number of aromatic nitrogens is 3. The summed E-state index contributed by atoms with van der Waals surface area (Å²) in [6, 6.07) is 0. The normalized spacial score (nSPS) is 13.3. The number of hydrogen-bond donors (Lipinski definition) is 3. The topological polar surface area (TPSA) is 87.6 Å². The van der Waals surface area contributed by atoms with Crippen molar-refractivity contribution in [3.05, 3.63) is 16.3 Å². The first-order chi connectivity index (χ1) is 5.75. The Hall–Kier alpha value is -1.10. The maximum atomic E-state index is 10.8. The molecule has 0 aliphatic carbocycles. The highest BCUT2D eigenvalue weighted by Gasteiger charge is 2.37. The van der Waals surface area contributed by atoms with Crippen molar-refractivity contribution < 1.29 is 0 Å². The lowest BCUT2D eigenvalue weighted by molar-refractivity contribution is 0.291. The highest BCUT2D eigenvalue weighted by molar-refractivity contribution is 5.11. The molecule has 13 heavy (non-hydrogen) atoms. The number of aromatic amines is 2. The molecular weight excluding hydrogens is 168 g/mol. The van der Waals surface area contributed by atoms with E-state index in [1.54, 1.807) is 0 Å². The first-order valence-electron chi connectivity index (χ1n) is 4.19. The minimum Gasteiger partial charge on any atom is -0.325 e. The van der Waals surface area contributed by atoms with Crippen LogP contribution in [0.4, 0.5) is 0 Å². The molecule has 0 aliphatic heterocycles. The van der Waals surface area contributed by atoms with Crippen LogP contribution in [0.3, 0.4) is 0 Å². The van der Waals surface area contributed by atoms with Crippen LogP contribution in [0, 0.1) is 0 Å². The second-order valence-corrected chi connectivity index (χ2v) is 4.37. The summed E-state index contributed by atoms with van der Waals surface area (Å²) in [7, 11) is 0. The quantitative estimate of drug-likeness (QED) is 0.609. The molecule has 1 rings (SSSR count). The van der Waals surface area contributed by atoms with E-state index in [4.69, 9.17) is 5.73 Å². The van der Waals surface area contributed by atoms with Gasteiger partial charge < -0.3 is 5.73 Å². The van der Waals surface area contributed by atoms with Gasteiger partial charge in [0, 0.05) is 11.0 Å². The van der Waals surface area contributed by atoms with Gasteiger partial charge in [-0.15, -0.1) is 0 Å². The molecule has 0 aromatic carbocycles. The predicted octanol–water partition coefficient (Wildman–Crippen LogP) is 0.113. The number of H-pyrrole nitrogens is 2. The molecule has 1 aromatic heterocycles. The smallest absolute Gasteiger partial charge is 0.325 e. The van der Waals surface area contributed by atoms with Crippen LogP contribution < -0.4 is 11.4 Å².